The van der Waals surface area contributed by atoms with Crippen molar-refractivity contribution >= 4 is 45.1 Å². The number of aryl methyl sites for hydroxylation is 2. The van der Waals surface area contributed by atoms with Crippen molar-refractivity contribution in [1.29, 1.82) is 0 Å². The van der Waals surface area contributed by atoms with Gasteiger partial charge in [0.2, 0.25) is 0 Å². The minimum atomic E-state index is 0.0274. The summed E-state index contributed by atoms with van der Waals surface area (Å²) in [7, 11) is 0. The molecule has 4 aromatic rings. The number of hydrogen-bond acceptors (Lipinski definition) is 3. The molecule has 0 saturated heterocycles. The summed E-state index contributed by atoms with van der Waals surface area (Å²) in [6.45, 7) is 4.90. The zero-order valence-corrected chi connectivity index (χ0v) is 18.4. The molecule has 0 N–H and O–H groups in total. The molecule has 152 valence electrons. The van der Waals surface area contributed by atoms with Gasteiger partial charge in [-0.05, 0) is 62.1 Å². The van der Waals surface area contributed by atoms with Crippen LogP contribution < -0.4 is 0 Å². The number of fused-ring (bicyclic) bond motifs is 3. The summed E-state index contributed by atoms with van der Waals surface area (Å²) in [4.78, 5) is 25.7. The predicted octanol–water partition coefficient (Wildman–Crippen LogP) is 6.29. The van der Waals surface area contributed by atoms with Gasteiger partial charge in [0.1, 0.15) is 0 Å². The highest BCUT2D eigenvalue weighted by Gasteiger charge is 2.17. The van der Waals surface area contributed by atoms with E-state index in [4.69, 9.17) is 0 Å². The maximum atomic E-state index is 13.2. The van der Waals surface area contributed by atoms with E-state index in [0.29, 0.717) is 12.0 Å². The molecule has 0 spiro atoms. The summed E-state index contributed by atoms with van der Waals surface area (Å²) in [6.07, 6.45) is 2.55. The summed E-state index contributed by atoms with van der Waals surface area (Å²) in [5, 5.41) is 2.05. The zero-order chi connectivity index (χ0) is 21.3. The maximum Gasteiger partial charge on any atom is 0.193 e. The Morgan fingerprint density at radius 3 is 2.17 bits per heavy atom. The normalized spacial score (nSPS) is 11.3. The molecule has 0 aliphatic rings. The van der Waals surface area contributed by atoms with Crippen LogP contribution in [0.25, 0.3) is 21.8 Å². The third kappa shape index (κ3) is 3.56. The minimum absolute atomic E-state index is 0.0274. The molecule has 0 saturated carbocycles. The van der Waals surface area contributed by atoms with Gasteiger partial charge in [-0.15, -0.1) is 0 Å². The van der Waals surface area contributed by atoms with Gasteiger partial charge in [-0.2, -0.15) is 11.8 Å². The Morgan fingerprint density at radius 2 is 1.53 bits per heavy atom. The largest absolute Gasteiger partial charge is 0.341 e. The van der Waals surface area contributed by atoms with E-state index in [0.717, 1.165) is 50.8 Å². The molecule has 3 aromatic carbocycles. The van der Waals surface area contributed by atoms with Crippen LogP contribution >= 0.6 is 11.8 Å². The summed E-state index contributed by atoms with van der Waals surface area (Å²) in [5.74, 6) is 1.01. The molecule has 1 aromatic heterocycles. The Morgan fingerprint density at radius 1 is 0.900 bits per heavy atom. The van der Waals surface area contributed by atoms with Crippen LogP contribution in [0, 0.1) is 6.92 Å². The molecule has 4 heteroatoms. The molecule has 0 unspecified atom stereocenters. The molecule has 3 nitrogen and oxygen atoms in total. The molecule has 30 heavy (non-hydrogen) atoms. The lowest BCUT2D eigenvalue weighted by Gasteiger charge is -2.06. The Hall–Kier alpha value is -2.85. The summed E-state index contributed by atoms with van der Waals surface area (Å²) in [5.41, 5.74) is 5.29. The second-order valence-electron chi connectivity index (χ2n) is 7.52. The fourth-order valence-electron chi connectivity index (χ4n) is 4.08. The number of rotatable bonds is 7. The zero-order valence-electron chi connectivity index (χ0n) is 17.6. The Balaban J connectivity index is 1.87. The quantitative estimate of drug-likeness (QED) is 0.333. The van der Waals surface area contributed by atoms with Gasteiger partial charge >= 0.3 is 0 Å². The molecule has 0 atom stereocenters. The predicted molar refractivity (Wildman–Crippen MR) is 127 cm³/mol. The van der Waals surface area contributed by atoms with Gasteiger partial charge in [-0.1, -0.05) is 24.3 Å². The van der Waals surface area contributed by atoms with E-state index in [2.05, 4.69) is 11.5 Å². The summed E-state index contributed by atoms with van der Waals surface area (Å²) in [6, 6.07) is 19.5. The molecular weight excluding hydrogens is 390 g/mol. The van der Waals surface area contributed by atoms with E-state index in [1.807, 2.05) is 73.8 Å². The van der Waals surface area contributed by atoms with Crippen molar-refractivity contribution in [3.63, 3.8) is 0 Å². The highest BCUT2D eigenvalue weighted by atomic mass is 32.2. The number of hydrogen-bond donors (Lipinski definition) is 0. The summed E-state index contributed by atoms with van der Waals surface area (Å²) >= 11 is 1.68. The lowest BCUT2D eigenvalue weighted by atomic mass is 9.97. The first kappa shape index (κ1) is 20.4. The van der Waals surface area contributed by atoms with Crippen LogP contribution in [0.5, 0.6) is 0 Å². The van der Waals surface area contributed by atoms with E-state index < -0.39 is 0 Å². The number of aromatic nitrogens is 1. The molecule has 0 fully saturated rings. The van der Waals surface area contributed by atoms with Gasteiger partial charge in [0.25, 0.3) is 0 Å². The van der Waals surface area contributed by atoms with E-state index in [1.54, 1.807) is 11.8 Å². The van der Waals surface area contributed by atoms with Gasteiger partial charge in [0.05, 0.1) is 0 Å². The van der Waals surface area contributed by atoms with Gasteiger partial charge < -0.3 is 4.57 Å². The number of ketones is 2. The Bertz CT molecular complexity index is 1270. The van der Waals surface area contributed by atoms with Gasteiger partial charge in [-0.3, -0.25) is 9.59 Å². The Kier molecular flexibility index (Phi) is 5.78. The van der Waals surface area contributed by atoms with E-state index >= 15 is 0 Å². The third-order valence-electron chi connectivity index (χ3n) is 5.69. The molecule has 0 aliphatic carbocycles. The second-order valence-corrected chi connectivity index (χ2v) is 8.50. The molecule has 0 aliphatic heterocycles. The number of nitrogens with zero attached hydrogens (tertiary/aromatic N) is 1. The van der Waals surface area contributed by atoms with Crippen molar-refractivity contribution in [2.45, 2.75) is 26.8 Å². The van der Waals surface area contributed by atoms with Crippen LogP contribution in [-0.4, -0.2) is 28.1 Å². The maximum absolute atomic E-state index is 13.2. The van der Waals surface area contributed by atoms with Crippen molar-refractivity contribution < 1.29 is 9.59 Å². The lowest BCUT2D eigenvalue weighted by molar-refractivity contribution is 0.0988. The minimum Gasteiger partial charge on any atom is -0.341 e. The molecule has 0 amide bonds. The van der Waals surface area contributed by atoms with E-state index in [9.17, 15) is 9.59 Å². The van der Waals surface area contributed by atoms with Crippen LogP contribution in [0.4, 0.5) is 0 Å². The topological polar surface area (TPSA) is 39.1 Å². The fraction of sp³-hybridized carbons (Fsp3) is 0.231. The monoisotopic (exact) mass is 415 g/mol. The van der Waals surface area contributed by atoms with Crippen molar-refractivity contribution in [3.8, 4) is 0 Å². The smallest absolute Gasteiger partial charge is 0.193 e. The van der Waals surface area contributed by atoms with Gasteiger partial charge in [0, 0.05) is 57.2 Å². The van der Waals surface area contributed by atoms with E-state index in [-0.39, 0.29) is 11.6 Å². The van der Waals surface area contributed by atoms with Crippen LogP contribution in [0.3, 0.4) is 0 Å². The van der Waals surface area contributed by atoms with Crippen molar-refractivity contribution in [2.75, 3.05) is 12.0 Å². The number of benzene rings is 3. The molecule has 1 heterocycles. The molecule has 4 rings (SSSR count). The van der Waals surface area contributed by atoms with Crippen molar-refractivity contribution in [2.24, 2.45) is 0 Å². The van der Waals surface area contributed by atoms with Crippen LogP contribution in [0.1, 0.15) is 45.2 Å². The van der Waals surface area contributed by atoms with Crippen molar-refractivity contribution in [1.82, 2.24) is 4.57 Å². The number of carbonyl (C=O) groups is 2. The highest BCUT2D eigenvalue weighted by Crippen LogP contribution is 2.31. The molecule has 0 bridgehead atoms. The van der Waals surface area contributed by atoms with Crippen LogP contribution in [0.15, 0.2) is 60.7 Å². The number of Topliss-reactive ketones (excluding diaryl/α,β-unsaturated/α-hetero) is 1. The lowest BCUT2D eigenvalue weighted by Crippen LogP contribution is -2.03. The summed E-state index contributed by atoms with van der Waals surface area (Å²) < 4.78 is 2.24. The fourth-order valence-corrected chi connectivity index (χ4v) is 4.47. The standard InChI is InChI=1S/C26H25NO2S/c1-4-27-23-11-9-18(25(28)13-14-30-3)15-21(23)22-16-19(10-12-24(22)27)26(29)20-8-6-5-7-17(20)2/h5-12,15-16H,4,13-14H2,1-3H3. The molecular formula is C26H25NO2S. The van der Waals surface area contributed by atoms with Crippen LogP contribution in [0.2, 0.25) is 0 Å². The first-order valence-electron chi connectivity index (χ1n) is 10.2. The van der Waals surface area contributed by atoms with Crippen molar-refractivity contribution in [3.05, 3.63) is 82.9 Å². The first-order chi connectivity index (χ1) is 14.5. The highest BCUT2D eigenvalue weighted by molar-refractivity contribution is 7.98. The third-order valence-corrected chi connectivity index (χ3v) is 6.30. The number of thioether (sulfide) groups is 1. The van der Waals surface area contributed by atoms with E-state index in [1.165, 1.54) is 0 Å². The van der Waals surface area contributed by atoms with Gasteiger partial charge in [0.15, 0.2) is 11.6 Å². The van der Waals surface area contributed by atoms with Gasteiger partial charge in [-0.25, -0.2) is 0 Å². The SMILES string of the molecule is CCn1c2ccc(C(=O)CCSC)cc2c2cc(C(=O)c3ccccc3C)ccc21. The number of carbonyl (C=O) groups excluding carboxylic acids is 2. The first-order valence-corrected chi connectivity index (χ1v) is 11.6. The van der Waals surface area contributed by atoms with Crippen LogP contribution in [-0.2, 0) is 6.54 Å². The second kappa shape index (κ2) is 8.49. The Labute approximate surface area is 181 Å². The average molecular weight is 416 g/mol. The average Bonchev–Trinajstić information content (AvgIpc) is 3.09. The molecule has 0 radical (unpaired) electrons.